The van der Waals surface area contributed by atoms with Gasteiger partial charge in [-0.2, -0.15) is 0 Å². The first-order valence-electron chi connectivity index (χ1n) is 5.30. The van der Waals surface area contributed by atoms with Crippen LogP contribution in [0.25, 0.3) is 0 Å². The zero-order valence-electron chi connectivity index (χ0n) is 9.94. The number of hydrogen-bond acceptors (Lipinski definition) is 4. The number of nitrogens with one attached hydrogen (secondary N) is 1. The van der Waals surface area contributed by atoms with Crippen LogP contribution in [-0.2, 0) is 0 Å². The number of thiocarbonyl (C=S) groups is 1. The van der Waals surface area contributed by atoms with Gasteiger partial charge in [-0.05, 0) is 25.1 Å². The number of anilines is 1. The molecule has 0 radical (unpaired) electrons. The van der Waals surface area contributed by atoms with Crippen molar-refractivity contribution >= 4 is 56.1 Å². The largest absolute Gasteiger partial charge is 0.389 e. The number of benzene rings is 1. The van der Waals surface area contributed by atoms with Gasteiger partial charge in [-0.25, -0.2) is 4.98 Å². The van der Waals surface area contributed by atoms with Gasteiger partial charge in [-0.3, -0.25) is 4.79 Å². The number of aromatic nitrogens is 1. The molecule has 2 aromatic rings. The van der Waals surface area contributed by atoms with Crippen LogP contribution < -0.4 is 11.1 Å². The van der Waals surface area contributed by atoms with E-state index in [1.165, 1.54) is 11.3 Å². The van der Waals surface area contributed by atoms with Crippen molar-refractivity contribution in [3.05, 3.63) is 44.3 Å². The number of thiazole rings is 1. The molecule has 7 heteroatoms. The smallest absolute Gasteiger partial charge is 0.275 e. The highest BCUT2D eigenvalue weighted by molar-refractivity contribution is 9.10. The predicted molar refractivity (Wildman–Crippen MR) is 84.8 cm³/mol. The maximum Gasteiger partial charge on any atom is 0.275 e. The zero-order chi connectivity index (χ0) is 14.0. The molecule has 0 saturated heterocycles. The Hall–Kier alpha value is -1.31. The molecule has 0 aliphatic rings. The first-order valence-corrected chi connectivity index (χ1v) is 7.38. The SMILES string of the molecule is Cc1nc(C(=O)Nc2cc(Br)ccc2C(N)=S)cs1. The van der Waals surface area contributed by atoms with Gasteiger partial charge in [-0.1, -0.05) is 28.1 Å². The second-order valence-electron chi connectivity index (χ2n) is 3.76. The molecule has 0 aliphatic carbocycles. The summed E-state index contributed by atoms with van der Waals surface area (Å²) in [5, 5.41) is 5.32. The van der Waals surface area contributed by atoms with Crippen molar-refractivity contribution in [2.24, 2.45) is 5.73 Å². The standard InChI is InChI=1S/C12H10BrN3OS2/c1-6-15-10(5-19-6)12(17)16-9-4-7(13)2-3-8(9)11(14)18/h2-5H,1H3,(H2,14,18)(H,16,17). The third-order valence-corrected chi connectivity index (χ3v) is 3.83. The number of carbonyl (C=O) groups excluding carboxylic acids is 1. The van der Waals surface area contributed by atoms with E-state index in [-0.39, 0.29) is 10.9 Å². The molecule has 0 bridgehead atoms. The quantitative estimate of drug-likeness (QED) is 0.830. The summed E-state index contributed by atoms with van der Waals surface area (Å²) in [7, 11) is 0. The maximum absolute atomic E-state index is 12.0. The van der Waals surface area contributed by atoms with E-state index >= 15 is 0 Å². The molecule has 98 valence electrons. The molecule has 1 aromatic carbocycles. The summed E-state index contributed by atoms with van der Waals surface area (Å²) in [4.78, 5) is 16.4. The molecule has 1 aromatic heterocycles. The van der Waals surface area contributed by atoms with Crippen molar-refractivity contribution in [3.63, 3.8) is 0 Å². The number of halogens is 1. The first kappa shape index (κ1) is 14.1. The van der Waals surface area contributed by atoms with E-state index in [1.54, 1.807) is 17.5 Å². The molecule has 3 N–H and O–H groups in total. The summed E-state index contributed by atoms with van der Waals surface area (Å²) in [6.45, 7) is 1.85. The Morgan fingerprint density at radius 3 is 2.84 bits per heavy atom. The van der Waals surface area contributed by atoms with Crippen LogP contribution in [-0.4, -0.2) is 15.9 Å². The summed E-state index contributed by atoms with van der Waals surface area (Å²) in [6, 6.07) is 5.33. The Balaban J connectivity index is 2.30. The monoisotopic (exact) mass is 355 g/mol. The van der Waals surface area contributed by atoms with E-state index in [0.29, 0.717) is 16.9 Å². The van der Waals surface area contributed by atoms with Gasteiger partial charge in [0.2, 0.25) is 0 Å². The second kappa shape index (κ2) is 5.77. The highest BCUT2D eigenvalue weighted by Crippen LogP contribution is 2.22. The lowest BCUT2D eigenvalue weighted by Crippen LogP contribution is -2.18. The molecule has 0 fully saturated rings. The molecule has 0 saturated carbocycles. The van der Waals surface area contributed by atoms with E-state index in [2.05, 4.69) is 26.2 Å². The number of carbonyl (C=O) groups is 1. The highest BCUT2D eigenvalue weighted by Gasteiger charge is 2.13. The van der Waals surface area contributed by atoms with Gasteiger partial charge in [0.1, 0.15) is 10.7 Å². The van der Waals surface area contributed by atoms with Crippen molar-refractivity contribution in [3.8, 4) is 0 Å². The van der Waals surface area contributed by atoms with Gasteiger partial charge in [0.05, 0.1) is 10.7 Å². The number of aryl methyl sites for hydroxylation is 1. The summed E-state index contributed by atoms with van der Waals surface area (Å²) < 4.78 is 0.831. The minimum absolute atomic E-state index is 0.234. The molecular formula is C12H10BrN3OS2. The lowest BCUT2D eigenvalue weighted by Gasteiger charge is -2.09. The van der Waals surface area contributed by atoms with Crippen LogP contribution in [0.4, 0.5) is 5.69 Å². The summed E-state index contributed by atoms with van der Waals surface area (Å²) >= 11 is 9.74. The van der Waals surface area contributed by atoms with Gasteiger partial charge in [-0.15, -0.1) is 11.3 Å². The molecular weight excluding hydrogens is 346 g/mol. The minimum Gasteiger partial charge on any atom is -0.389 e. The fourth-order valence-electron chi connectivity index (χ4n) is 1.49. The van der Waals surface area contributed by atoms with Crippen molar-refractivity contribution in [1.29, 1.82) is 0 Å². The summed E-state index contributed by atoms with van der Waals surface area (Å²) in [5.74, 6) is -0.278. The van der Waals surface area contributed by atoms with Crippen molar-refractivity contribution in [2.45, 2.75) is 6.92 Å². The van der Waals surface area contributed by atoms with Crippen LogP contribution in [0.2, 0.25) is 0 Å². The predicted octanol–water partition coefficient (Wildman–Crippen LogP) is 3.10. The van der Waals surface area contributed by atoms with Gasteiger partial charge in [0.15, 0.2) is 0 Å². The normalized spacial score (nSPS) is 10.2. The zero-order valence-corrected chi connectivity index (χ0v) is 13.2. The number of nitrogens with zero attached hydrogens (tertiary/aromatic N) is 1. The lowest BCUT2D eigenvalue weighted by atomic mass is 10.1. The van der Waals surface area contributed by atoms with Crippen LogP contribution >= 0.6 is 39.5 Å². The molecule has 0 unspecified atom stereocenters. The van der Waals surface area contributed by atoms with Crippen LogP contribution in [0.3, 0.4) is 0 Å². The minimum atomic E-state index is -0.278. The molecule has 0 aliphatic heterocycles. The van der Waals surface area contributed by atoms with Crippen LogP contribution in [0.1, 0.15) is 21.1 Å². The third-order valence-electron chi connectivity index (χ3n) is 2.35. The average Bonchev–Trinajstić information content (AvgIpc) is 2.75. The molecule has 0 spiro atoms. The Morgan fingerprint density at radius 2 is 2.26 bits per heavy atom. The van der Waals surface area contributed by atoms with Gasteiger partial charge in [0, 0.05) is 15.4 Å². The maximum atomic E-state index is 12.0. The molecule has 1 amide bonds. The highest BCUT2D eigenvalue weighted by atomic mass is 79.9. The third kappa shape index (κ3) is 3.37. The van der Waals surface area contributed by atoms with E-state index in [4.69, 9.17) is 18.0 Å². The van der Waals surface area contributed by atoms with E-state index in [9.17, 15) is 4.79 Å². The number of amides is 1. The average molecular weight is 356 g/mol. The Labute approximate surface area is 128 Å². The summed E-state index contributed by atoms with van der Waals surface area (Å²) in [6.07, 6.45) is 0. The van der Waals surface area contributed by atoms with Crippen LogP contribution in [0, 0.1) is 6.92 Å². The lowest BCUT2D eigenvalue weighted by molar-refractivity contribution is 0.102. The summed E-state index contributed by atoms with van der Waals surface area (Å²) in [5.41, 5.74) is 7.21. The molecule has 1 heterocycles. The van der Waals surface area contributed by atoms with Gasteiger partial charge < -0.3 is 11.1 Å². The fourth-order valence-corrected chi connectivity index (χ4v) is 2.62. The second-order valence-corrected chi connectivity index (χ2v) is 6.18. The fraction of sp³-hybridized carbons (Fsp3) is 0.0833. The number of rotatable bonds is 3. The molecule has 2 rings (SSSR count). The van der Waals surface area contributed by atoms with Crippen LogP contribution in [0.15, 0.2) is 28.1 Å². The van der Waals surface area contributed by atoms with Crippen molar-refractivity contribution < 1.29 is 4.79 Å². The molecule has 4 nitrogen and oxygen atoms in total. The van der Waals surface area contributed by atoms with Crippen molar-refractivity contribution in [2.75, 3.05) is 5.32 Å². The van der Waals surface area contributed by atoms with Gasteiger partial charge >= 0.3 is 0 Å². The Morgan fingerprint density at radius 1 is 1.53 bits per heavy atom. The first-order chi connectivity index (χ1) is 8.97. The number of hydrogen-bond donors (Lipinski definition) is 2. The van der Waals surface area contributed by atoms with E-state index < -0.39 is 0 Å². The van der Waals surface area contributed by atoms with E-state index in [0.717, 1.165) is 9.48 Å². The molecule has 19 heavy (non-hydrogen) atoms. The van der Waals surface area contributed by atoms with Crippen molar-refractivity contribution in [1.82, 2.24) is 4.98 Å². The Kier molecular flexibility index (Phi) is 4.28. The van der Waals surface area contributed by atoms with Gasteiger partial charge in [0.25, 0.3) is 5.91 Å². The molecule has 0 atom stereocenters. The van der Waals surface area contributed by atoms with E-state index in [1.807, 2.05) is 13.0 Å². The number of nitrogens with two attached hydrogens (primary N) is 1. The van der Waals surface area contributed by atoms with Crippen LogP contribution in [0.5, 0.6) is 0 Å². The topological polar surface area (TPSA) is 68.0 Å². The Bertz CT molecular complexity index is 654.